The fourth-order valence-electron chi connectivity index (χ4n) is 3.63. The van der Waals surface area contributed by atoms with Crippen molar-refractivity contribution in [2.75, 3.05) is 33.4 Å². The van der Waals surface area contributed by atoms with Crippen molar-refractivity contribution in [2.24, 2.45) is 0 Å². The van der Waals surface area contributed by atoms with Gasteiger partial charge in [0.15, 0.2) is 0 Å². The van der Waals surface area contributed by atoms with Crippen LogP contribution in [0, 0.1) is 0 Å². The Labute approximate surface area is 142 Å². The van der Waals surface area contributed by atoms with Crippen LogP contribution in [0.1, 0.15) is 30.9 Å². The molecule has 0 radical (unpaired) electrons. The van der Waals surface area contributed by atoms with Gasteiger partial charge >= 0.3 is 0 Å². The normalized spacial score (nSPS) is 18.8. The van der Waals surface area contributed by atoms with Crippen LogP contribution in [0.2, 0.25) is 0 Å². The summed E-state index contributed by atoms with van der Waals surface area (Å²) in [6, 6.07) is 6.17. The lowest BCUT2D eigenvalue weighted by Crippen LogP contribution is -2.50. The van der Waals surface area contributed by atoms with E-state index in [1.807, 2.05) is 11.0 Å². The number of rotatable bonds is 3. The van der Waals surface area contributed by atoms with Crippen LogP contribution >= 0.6 is 0 Å². The predicted molar refractivity (Wildman–Crippen MR) is 88.8 cm³/mol. The van der Waals surface area contributed by atoms with E-state index in [0.717, 1.165) is 25.0 Å². The Bertz CT molecular complexity index is 636. The van der Waals surface area contributed by atoms with Gasteiger partial charge in [0.1, 0.15) is 5.75 Å². The molecule has 2 aliphatic rings. The first-order chi connectivity index (χ1) is 11.5. The Hall–Kier alpha value is -2.08. The highest BCUT2D eigenvalue weighted by Gasteiger charge is 2.41. The van der Waals surface area contributed by atoms with Crippen molar-refractivity contribution in [1.82, 2.24) is 10.2 Å². The van der Waals surface area contributed by atoms with Crippen molar-refractivity contribution in [3.05, 3.63) is 29.3 Å². The van der Waals surface area contributed by atoms with Crippen LogP contribution in [0.25, 0.3) is 0 Å². The fraction of sp³-hybridized carbons (Fsp3) is 0.556. The number of benzene rings is 1. The molecule has 6 nitrogen and oxygen atoms in total. The highest BCUT2D eigenvalue weighted by atomic mass is 16.5. The molecule has 0 bridgehead atoms. The van der Waals surface area contributed by atoms with E-state index in [4.69, 9.17) is 9.47 Å². The molecule has 0 atom stereocenters. The summed E-state index contributed by atoms with van der Waals surface area (Å²) in [5.74, 6) is 0.648. The van der Waals surface area contributed by atoms with Crippen molar-refractivity contribution < 1.29 is 19.1 Å². The van der Waals surface area contributed by atoms with Crippen LogP contribution in [0.15, 0.2) is 18.2 Å². The average Bonchev–Trinajstić information content (AvgIpc) is 2.60. The molecule has 0 unspecified atom stereocenters. The Morgan fingerprint density at radius 2 is 2.08 bits per heavy atom. The van der Waals surface area contributed by atoms with Gasteiger partial charge in [-0.15, -0.1) is 0 Å². The molecule has 2 heterocycles. The van der Waals surface area contributed by atoms with E-state index in [-0.39, 0.29) is 24.0 Å². The molecule has 1 spiro atoms. The quantitative estimate of drug-likeness (QED) is 0.904. The van der Waals surface area contributed by atoms with Crippen LogP contribution in [0.5, 0.6) is 5.75 Å². The van der Waals surface area contributed by atoms with Gasteiger partial charge in [0, 0.05) is 20.0 Å². The minimum absolute atomic E-state index is 0.0363. The molecule has 2 amide bonds. The second kappa shape index (κ2) is 6.81. The lowest BCUT2D eigenvalue weighted by molar-refractivity contribution is -0.141. The number of nitrogens with zero attached hydrogens (tertiary/aromatic N) is 1. The van der Waals surface area contributed by atoms with E-state index in [1.165, 1.54) is 18.1 Å². The van der Waals surface area contributed by atoms with Gasteiger partial charge in [-0.25, -0.2) is 0 Å². The Morgan fingerprint density at radius 1 is 1.33 bits per heavy atom. The van der Waals surface area contributed by atoms with Crippen LogP contribution < -0.4 is 10.1 Å². The molecule has 1 aromatic carbocycles. The SMILES string of the molecule is COc1ccc2c(c1)CCOC21CCN(C(=O)CNC(C)=O)CC1. The third-order valence-electron chi connectivity index (χ3n) is 4.97. The lowest BCUT2D eigenvalue weighted by Gasteiger charge is -2.45. The number of carbonyl (C=O) groups excluding carboxylic acids is 2. The van der Waals surface area contributed by atoms with Crippen LogP contribution in [0.3, 0.4) is 0 Å². The van der Waals surface area contributed by atoms with Gasteiger partial charge in [-0.2, -0.15) is 0 Å². The maximum atomic E-state index is 12.2. The number of hydrogen-bond acceptors (Lipinski definition) is 4. The number of likely N-dealkylation sites (tertiary alicyclic amines) is 1. The van der Waals surface area contributed by atoms with Gasteiger partial charge in [0.05, 0.1) is 25.9 Å². The van der Waals surface area contributed by atoms with Crippen LogP contribution in [-0.4, -0.2) is 50.1 Å². The zero-order valence-electron chi connectivity index (χ0n) is 14.3. The second-order valence-corrected chi connectivity index (χ2v) is 6.41. The summed E-state index contributed by atoms with van der Waals surface area (Å²) in [6.45, 7) is 3.46. The molecule has 130 valence electrons. The molecule has 2 aliphatic heterocycles. The number of fused-ring (bicyclic) bond motifs is 2. The van der Waals surface area contributed by atoms with Crippen molar-refractivity contribution in [3.63, 3.8) is 0 Å². The smallest absolute Gasteiger partial charge is 0.241 e. The summed E-state index contributed by atoms with van der Waals surface area (Å²) in [5, 5.41) is 2.57. The third kappa shape index (κ3) is 3.24. The van der Waals surface area contributed by atoms with Gasteiger partial charge in [-0.05, 0) is 42.5 Å². The number of carbonyl (C=O) groups is 2. The molecular weight excluding hydrogens is 308 g/mol. The number of nitrogens with one attached hydrogen (secondary N) is 1. The van der Waals surface area contributed by atoms with Gasteiger partial charge in [0.25, 0.3) is 0 Å². The Balaban J connectivity index is 1.70. The maximum absolute atomic E-state index is 12.2. The average molecular weight is 332 g/mol. The molecule has 0 saturated carbocycles. The van der Waals surface area contributed by atoms with Crippen molar-refractivity contribution in [3.8, 4) is 5.75 Å². The number of hydrogen-bond donors (Lipinski definition) is 1. The molecule has 0 aliphatic carbocycles. The van der Waals surface area contributed by atoms with E-state index in [1.54, 1.807) is 7.11 Å². The van der Waals surface area contributed by atoms with E-state index in [9.17, 15) is 9.59 Å². The maximum Gasteiger partial charge on any atom is 0.241 e. The summed E-state index contributed by atoms with van der Waals surface area (Å²) >= 11 is 0. The monoisotopic (exact) mass is 332 g/mol. The standard InChI is InChI=1S/C18H24N2O4/c1-13(21)19-12-17(22)20-8-6-18(7-9-20)16-4-3-15(23-2)11-14(16)5-10-24-18/h3-4,11H,5-10,12H2,1-2H3,(H,19,21). The highest BCUT2D eigenvalue weighted by Crippen LogP contribution is 2.42. The van der Waals surface area contributed by atoms with Crippen molar-refractivity contribution in [2.45, 2.75) is 31.8 Å². The first-order valence-corrected chi connectivity index (χ1v) is 8.38. The van der Waals surface area contributed by atoms with E-state index in [2.05, 4.69) is 17.4 Å². The fourth-order valence-corrected chi connectivity index (χ4v) is 3.63. The molecule has 1 saturated heterocycles. The lowest BCUT2D eigenvalue weighted by atomic mass is 9.79. The minimum Gasteiger partial charge on any atom is -0.497 e. The highest BCUT2D eigenvalue weighted by molar-refractivity contribution is 5.83. The third-order valence-corrected chi connectivity index (χ3v) is 4.97. The molecule has 1 fully saturated rings. The predicted octanol–water partition coefficient (Wildman–Crippen LogP) is 1.22. The van der Waals surface area contributed by atoms with E-state index in [0.29, 0.717) is 19.7 Å². The van der Waals surface area contributed by atoms with Gasteiger partial charge in [0.2, 0.25) is 11.8 Å². The van der Waals surface area contributed by atoms with Crippen LogP contribution in [0.4, 0.5) is 0 Å². The molecule has 1 N–H and O–H groups in total. The summed E-state index contributed by atoms with van der Waals surface area (Å²) in [4.78, 5) is 24.9. The van der Waals surface area contributed by atoms with E-state index < -0.39 is 0 Å². The largest absolute Gasteiger partial charge is 0.497 e. The minimum atomic E-state index is -0.301. The zero-order chi connectivity index (χ0) is 17.2. The number of amides is 2. The topological polar surface area (TPSA) is 67.9 Å². The summed E-state index contributed by atoms with van der Waals surface area (Å²) < 4.78 is 11.5. The summed E-state index contributed by atoms with van der Waals surface area (Å²) in [7, 11) is 1.68. The van der Waals surface area contributed by atoms with Gasteiger partial charge in [-0.1, -0.05) is 6.07 Å². The molecule has 3 rings (SSSR count). The first-order valence-electron chi connectivity index (χ1n) is 8.38. The van der Waals surface area contributed by atoms with E-state index >= 15 is 0 Å². The van der Waals surface area contributed by atoms with Crippen LogP contribution in [-0.2, 0) is 26.3 Å². The molecular formula is C18H24N2O4. The number of piperidine rings is 1. The van der Waals surface area contributed by atoms with Gasteiger partial charge in [-0.3, -0.25) is 9.59 Å². The second-order valence-electron chi connectivity index (χ2n) is 6.41. The van der Waals surface area contributed by atoms with Gasteiger partial charge < -0.3 is 19.7 Å². The van der Waals surface area contributed by atoms with Crippen molar-refractivity contribution >= 4 is 11.8 Å². The molecule has 6 heteroatoms. The molecule has 1 aromatic rings. The summed E-state index contributed by atoms with van der Waals surface area (Å²) in [6.07, 6.45) is 2.44. The Morgan fingerprint density at radius 3 is 2.75 bits per heavy atom. The number of methoxy groups -OCH3 is 1. The first kappa shape index (κ1) is 16.8. The number of ether oxygens (including phenoxy) is 2. The molecule has 0 aromatic heterocycles. The molecule has 24 heavy (non-hydrogen) atoms. The van der Waals surface area contributed by atoms with Crippen molar-refractivity contribution in [1.29, 1.82) is 0 Å². The summed E-state index contributed by atoms with van der Waals surface area (Å²) in [5.41, 5.74) is 2.20. The Kier molecular flexibility index (Phi) is 4.76. The zero-order valence-corrected chi connectivity index (χ0v) is 14.3.